The van der Waals surface area contributed by atoms with Gasteiger partial charge in [0.1, 0.15) is 18.0 Å². The van der Waals surface area contributed by atoms with Crippen LogP contribution in [0.15, 0.2) is 42.5 Å². The van der Waals surface area contributed by atoms with E-state index in [1.54, 1.807) is 24.3 Å². The lowest BCUT2D eigenvalue weighted by Crippen LogP contribution is -2.55. The summed E-state index contributed by atoms with van der Waals surface area (Å²) in [7, 11) is 0. The van der Waals surface area contributed by atoms with Crippen LogP contribution in [-0.2, 0) is 6.42 Å². The van der Waals surface area contributed by atoms with Crippen LogP contribution in [0.1, 0.15) is 22.7 Å². The zero-order chi connectivity index (χ0) is 17.3. The molecule has 0 bridgehead atoms. The summed E-state index contributed by atoms with van der Waals surface area (Å²) < 4.78 is 0. The van der Waals surface area contributed by atoms with Crippen molar-refractivity contribution in [3.8, 4) is 5.75 Å². The van der Waals surface area contributed by atoms with Gasteiger partial charge >= 0.3 is 0 Å². The van der Waals surface area contributed by atoms with Gasteiger partial charge in [-0.3, -0.25) is 0 Å². The van der Waals surface area contributed by atoms with Crippen LogP contribution in [0, 0.1) is 0 Å². The number of aliphatic hydroxyl groups is 3. The van der Waals surface area contributed by atoms with E-state index in [9.17, 15) is 20.4 Å². The lowest BCUT2D eigenvalue weighted by Gasteiger charge is -2.36. The summed E-state index contributed by atoms with van der Waals surface area (Å²) in [6, 6.07) is 11.9. The van der Waals surface area contributed by atoms with E-state index in [0.29, 0.717) is 11.4 Å². The van der Waals surface area contributed by atoms with E-state index in [1.807, 2.05) is 18.2 Å². The van der Waals surface area contributed by atoms with Crippen molar-refractivity contribution < 1.29 is 20.4 Å². The topological polar surface area (TPSA) is 93.0 Å². The van der Waals surface area contributed by atoms with Crippen molar-refractivity contribution in [2.75, 3.05) is 6.54 Å². The van der Waals surface area contributed by atoms with E-state index >= 15 is 0 Å². The first-order valence-corrected chi connectivity index (χ1v) is 8.17. The summed E-state index contributed by atoms with van der Waals surface area (Å²) in [6.07, 6.45) is -2.69. The molecule has 0 radical (unpaired) electrons. The van der Waals surface area contributed by atoms with E-state index in [2.05, 4.69) is 5.32 Å². The molecular weight excluding hydrogens is 330 g/mol. The summed E-state index contributed by atoms with van der Waals surface area (Å²) in [5.74, 6) is 0.209. The van der Waals surface area contributed by atoms with Gasteiger partial charge in [0, 0.05) is 11.6 Å². The number of halogens is 1. The Hall–Kier alpha value is -1.63. The molecule has 0 amide bonds. The van der Waals surface area contributed by atoms with Gasteiger partial charge in [-0.1, -0.05) is 35.9 Å². The molecule has 5 nitrogen and oxygen atoms in total. The van der Waals surface area contributed by atoms with Gasteiger partial charge in [-0.25, -0.2) is 0 Å². The molecule has 1 aliphatic rings. The van der Waals surface area contributed by atoms with Gasteiger partial charge in [-0.15, -0.1) is 0 Å². The molecule has 2 aromatic carbocycles. The van der Waals surface area contributed by atoms with Gasteiger partial charge in [-0.05, 0) is 41.3 Å². The van der Waals surface area contributed by atoms with Crippen LogP contribution in [-0.4, -0.2) is 45.3 Å². The average molecular weight is 350 g/mol. The molecule has 1 fully saturated rings. The molecule has 6 heteroatoms. The normalized spacial score (nSPS) is 27.2. The fraction of sp³-hybridized carbons (Fsp3) is 0.333. The zero-order valence-electron chi connectivity index (χ0n) is 12.9. The number of β-amino-alcohol motifs (C(OH)–C–C–N with tert-alkyl or cyclic N) is 1. The van der Waals surface area contributed by atoms with Crippen LogP contribution in [0.4, 0.5) is 0 Å². The van der Waals surface area contributed by atoms with E-state index in [1.165, 1.54) is 0 Å². The van der Waals surface area contributed by atoms with E-state index in [0.717, 1.165) is 16.7 Å². The number of aromatic hydroxyl groups is 1. The Morgan fingerprint density at radius 2 is 1.71 bits per heavy atom. The third-order valence-electron chi connectivity index (χ3n) is 4.39. The second kappa shape index (κ2) is 7.09. The molecule has 3 rings (SSSR count). The minimum absolute atomic E-state index is 0.207. The molecule has 0 unspecified atom stereocenters. The molecule has 0 aliphatic carbocycles. The number of aliphatic hydroxyl groups excluding tert-OH is 3. The van der Waals surface area contributed by atoms with Crippen molar-refractivity contribution in [1.82, 2.24) is 5.32 Å². The Bertz CT molecular complexity index is 707. The van der Waals surface area contributed by atoms with Crippen molar-refractivity contribution in [3.05, 3.63) is 64.2 Å². The second-order valence-electron chi connectivity index (χ2n) is 6.13. The second-order valence-corrected chi connectivity index (χ2v) is 6.54. The largest absolute Gasteiger partial charge is 0.508 e. The zero-order valence-corrected chi connectivity index (χ0v) is 13.7. The Labute approximate surface area is 145 Å². The highest BCUT2D eigenvalue weighted by Gasteiger charge is 2.37. The lowest BCUT2D eigenvalue weighted by molar-refractivity contribution is -0.0949. The molecule has 5 N–H and O–H groups in total. The molecule has 24 heavy (non-hydrogen) atoms. The van der Waals surface area contributed by atoms with E-state index < -0.39 is 24.4 Å². The van der Waals surface area contributed by atoms with Crippen LogP contribution in [0.3, 0.4) is 0 Å². The maximum Gasteiger partial charge on any atom is 0.115 e. The highest BCUT2D eigenvalue weighted by Crippen LogP contribution is 2.29. The highest BCUT2D eigenvalue weighted by atomic mass is 35.5. The lowest BCUT2D eigenvalue weighted by atomic mass is 9.89. The van der Waals surface area contributed by atoms with Gasteiger partial charge in [0.15, 0.2) is 0 Å². The molecule has 1 heterocycles. The number of phenols is 1. The maximum atomic E-state index is 10.2. The monoisotopic (exact) mass is 349 g/mol. The van der Waals surface area contributed by atoms with Crippen molar-refractivity contribution in [2.45, 2.75) is 30.8 Å². The third-order valence-corrected chi connectivity index (χ3v) is 4.76. The van der Waals surface area contributed by atoms with Gasteiger partial charge in [0.2, 0.25) is 0 Å². The van der Waals surface area contributed by atoms with Crippen LogP contribution in [0.2, 0.25) is 5.02 Å². The molecule has 128 valence electrons. The minimum atomic E-state index is -1.19. The standard InChI is InChI=1S/C18H20ClNO4/c19-14-6-3-11(16-18(24)17(23)15(22)9-20-16)8-12(14)7-10-1-4-13(21)5-2-10/h1-6,8,15-18,20-24H,7,9H2/t15-,16+,17+,18+/m1/s1. The molecule has 0 spiro atoms. The van der Waals surface area contributed by atoms with Crippen LogP contribution in [0.5, 0.6) is 5.75 Å². The maximum absolute atomic E-state index is 10.2. The summed E-state index contributed by atoms with van der Waals surface area (Å²) in [5.41, 5.74) is 2.68. The first-order chi connectivity index (χ1) is 11.5. The van der Waals surface area contributed by atoms with Gasteiger partial charge < -0.3 is 25.7 Å². The number of benzene rings is 2. The SMILES string of the molecule is Oc1ccc(Cc2cc([C@@H]3NC[C@@H](O)[C@H](O)[C@H]3O)ccc2Cl)cc1. The number of rotatable bonds is 3. The van der Waals surface area contributed by atoms with Crippen LogP contribution < -0.4 is 5.32 Å². The third kappa shape index (κ3) is 3.55. The Balaban J connectivity index is 1.84. The molecule has 1 saturated heterocycles. The predicted molar refractivity (Wildman–Crippen MR) is 91.1 cm³/mol. The van der Waals surface area contributed by atoms with Crippen LogP contribution in [0.25, 0.3) is 0 Å². The van der Waals surface area contributed by atoms with Gasteiger partial charge in [0.05, 0.1) is 12.1 Å². The number of nitrogens with one attached hydrogen (secondary N) is 1. The number of hydrogen-bond donors (Lipinski definition) is 5. The molecule has 0 aromatic heterocycles. The Morgan fingerprint density at radius 3 is 2.42 bits per heavy atom. The average Bonchev–Trinajstić information content (AvgIpc) is 2.57. The number of phenolic OH excluding ortho intramolecular Hbond substituents is 1. The quantitative estimate of drug-likeness (QED) is 0.577. The highest BCUT2D eigenvalue weighted by molar-refractivity contribution is 6.31. The fourth-order valence-electron chi connectivity index (χ4n) is 2.99. The molecule has 1 aliphatic heterocycles. The Morgan fingerprint density at radius 1 is 1.00 bits per heavy atom. The predicted octanol–water partition coefficient (Wildman–Crippen LogP) is 1.36. The van der Waals surface area contributed by atoms with Crippen molar-refractivity contribution >= 4 is 11.6 Å². The smallest absolute Gasteiger partial charge is 0.115 e. The van der Waals surface area contributed by atoms with Crippen molar-refractivity contribution in [3.63, 3.8) is 0 Å². The summed E-state index contributed by atoms with van der Waals surface area (Å²) >= 11 is 6.28. The molecule has 0 saturated carbocycles. The molecule has 4 atom stereocenters. The van der Waals surface area contributed by atoms with Crippen molar-refractivity contribution in [1.29, 1.82) is 0 Å². The van der Waals surface area contributed by atoms with Gasteiger partial charge in [-0.2, -0.15) is 0 Å². The Kier molecular flexibility index (Phi) is 5.08. The number of hydrogen-bond acceptors (Lipinski definition) is 5. The first kappa shape index (κ1) is 17.2. The first-order valence-electron chi connectivity index (χ1n) is 7.79. The van der Waals surface area contributed by atoms with E-state index in [-0.39, 0.29) is 12.3 Å². The number of piperidine rings is 1. The summed E-state index contributed by atoms with van der Waals surface area (Å²) in [5, 5.41) is 42.7. The molecule has 2 aromatic rings. The minimum Gasteiger partial charge on any atom is -0.508 e. The summed E-state index contributed by atoms with van der Waals surface area (Å²) in [6.45, 7) is 0.207. The summed E-state index contributed by atoms with van der Waals surface area (Å²) in [4.78, 5) is 0. The fourth-order valence-corrected chi connectivity index (χ4v) is 3.17. The van der Waals surface area contributed by atoms with Crippen molar-refractivity contribution in [2.24, 2.45) is 0 Å². The van der Waals surface area contributed by atoms with Crippen LogP contribution >= 0.6 is 11.6 Å². The molecular formula is C18H20ClNO4. The van der Waals surface area contributed by atoms with E-state index in [4.69, 9.17) is 11.6 Å². The van der Waals surface area contributed by atoms with Gasteiger partial charge in [0.25, 0.3) is 0 Å².